The molecular formula is C54H54N2. The van der Waals surface area contributed by atoms with Crippen LogP contribution in [0.15, 0.2) is 176 Å². The molecule has 7 aromatic rings. The molecule has 0 bridgehead atoms. The first-order valence-corrected chi connectivity index (χ1v) is 20.1. The van der Waals surface area contributed by atoms with Crippen LogP contribution in [0.2, 0.25) is 0 Å². The lowest BCUT2D eigenvalue weighted by molar-refractivity contribution is 0.332. The number of anilines is 6. The van der Waals surface area contributed by atoms with Gasteiger partial charge in [0.05, 0.1) is 0 Å². The van der Waals surface area contributed by atoms with Crippen molar-refractivity contribution in [1.29, 1.82) is 0 Å². The molecule has 56 heavy (non-hydrogen) atoms. The van der Waals surface area contributed by atoms with Gasteiger partial charge in [-0.2, -0.15) is 0 Å². The van der Waals surface area contributed by atoms with E-state index < -0.39 is 0 Å². The molecule has 0 spiro atoms. The van der Waals surface area contributed by atoms with E-state index >= 15 is 0 Å². The first-order chi connectivity index (χ1) is 26.9. The Hall–Kier alpha value is -5.86. The van der Waals surface area contributed by atoms with Gasteiger partial charge in [0.1, 0.15) is 0 Å². The van der Waals surface area contributed by atoms with Gasteiger partial charge >= 0.3 is 0 Å². The van der Waals surface area contributed by atoms with Crippen LogP contribution in [0.25, 0.3) is 22.3 Å². The van der Waals surface area contributed by atoms with Crippen LogP contribution in [-0.2, 0) is 16.2 Å². The molecule has 2 nitrogen and oxygen atoms in total. The molecule has 8 rings (SSSR count). The van der Waals surface area contributed by atoms with E-state index in [2.05, 4.69) is 234 Å². The molecule has 7 aromatic carbocycles. The molecule has 280 valence electrons. The first-order valence-electron chi connectivity index (χ1n) is 20.1. The maximum absolute atomic E-state index is 2.46. The van der Waals surface area contributed by atoms with Crippen LogP contribution in [0.1, 0.15) is 78.0 Å². The highest BCUT2D eigenvalue weighted by Crippen LogP contribution is 2.48. The van der Waals surface area contributed by atoms with Crippen molar-refractivity contribution in [3.63, 3.8) is 0 Å². The van der Waals surface area contributed by atoms with Gasteiger partial charge in [-0.3, -0.25) is 0 Å². The van der Waals surface area contributed by atoms with Crippen LogP contribution in [-0.4, -0.2) is 0 Å². The monoisotopic (exact) mass is 730 g/mol. The molecule has 0 aromatic heterocycles. The van der Waals surface area contributed by atoms with E-state index in [1.807, 2.05) is 0 Å². The Bertz CT molecular complexity index is 2400. The predicted octanol–water partition coefficient (Wildman–Crippen LogP) is 15.6. The molecule has 0 radical (unpaired) electrons. The number of nitrogens with zero attached hydrogens (tertiary/aromatic N) is 2. The molecule has 0 saturated carbocycles. The van der Waals surface area contributed by atoms with Gasteiger partial charge in [-0.15, -0.1) is 0 Å². The van der Waals surface area contributed by atoms with Crippen molar-refractivity contribution in [3.05, 3.63) is 193 Å². The zero-order chi connectivity index (χ0) is 39.1. The van der Waals surface area contributed by atoms with Crippen LogP contribution >= 0.6 is 0 Å². The fourth-order valence-corrected chi connectivity index (χ4v) is 8.34. The summed E-state index contributed by atoms with van der Waals surface area (Å²) in [6, 6.07) is 64.5. The standard InChI is InChI=1S/C54H54N2/c1-52(2,3)43-24-32-48(33-25-43)55(44-16-12-9-13-17-44)45-26-20-41(21-27-45)42-22-30-47(31-23-42)56(46-28-18-40(19-29-46)39-14-10-8-11-15-39)49-34-35-50-51(38-49)54(6,7)37-36-53(50,4)5/h8-35,38H,36-37H2,1-7H3. The molecule has 0 saturated heterocycles. The molecule has 2 heteroatoms. The van der Waals surface area contributed by atoms with E-state index in [1.54, 1.807) is 0 Å². The summed E-state index contributed by atoms with van der Waals surface area (Å²) in [6.07, 6.45) is 2.39. The number of hydrogen-bond acceptors (Lipinski definition) is 2. The van der Waals surface area contributed by atoms with E-state index in [0.29, 0.717) is 0 Å². The lowest BCUT2D eigenvalue weighted by Gasteiger charge is -2.42. The third-order valence-electron chi connectivity index (χ3n) is 11.9. The summed E-state index contributed by atoms with van der Waals surface area (Å²) in [4.78, 5) is 4.75. The zero-order valence-corrected chi connectivity index (χ0v) is 34.1. The maximum atomic E-state index is 2.46. The summed E-state index contributed by atoms with van der Waals surface area (Å²) in [6.45, 7) is 16.4. The SMILES string of the molecule is CC(C)(C)c1ccc(N(c2ccccc2)c2ccc(-c3ccc(N(c4ccc(-c5ccccc5)cc4)c4ccc5c(c4)C(C)(C)CCC5(C)C)cc3)cc2)cc1. The lowest BCUT2D eigenvalue weighted by Crippen LogP contribution is -2.34. The van der Waals surface area contributed by atoms with Gasteiger partial charge in [0.2, 0.25) is 0 Å². The van der Waals surface area contributed by atoms with Crippen LogP contribution < -0.4 is 9.80 Å². The zero-order valence-electron chi connectivity index (χ0n) is 34.1. The lowest BCUT2D eigenvalue weighted by atomic mass is 9.63. The van der Waals surface area contributed by atoms with Crippen LogP contribution in [0.4, 0.5) is 34.1 Å². The number of benzene rings is 7. The minimum atomic E-state index is 0.103. The van der Waals surface area contributed by atoms with Crippen molar-refractivity contribution >= 4 is 34.1 Å². The Kier molecular flexibility index (Phi) is 9.71. The average molecular weight is 731 g/mol. The van der Waals surface area contributed by atoms with Gasteiger partial charge in [-0.25, -0.2) is 0 Å². The van der Waals surface area contributed by atoms with Crippen LogP contribution in [0.3, 0.4) is 0 Å². The molecule has 0 atom stereocenters. The molecule has 0 heterocycles. The van der Waals surface area contributed by atoms with Crippen molar-refractivity contribution in [1.82, 2.24) is 0 Å². The van der Waals surface area contributed by atoms with Gasteiger partial charge in [-0.05, 0) is 141 Å². The summed E-state index contributed by atoms with van der Waals surface area (Å²) in [5, 5.41) is 0. The molecule has 1 aliphatic carbocycles. The van der Waals surface area contributed by atoms with E-state index in [9.17, 15) is 0 Å². The highest BCUT2D eigenvalue weighted by atomic mass is 15.1. The van der Waals surface area contributed by atoms with Gasteiger partial charge in [-0.1, -0.05) is 152 Å². The van der Waals surface area contributed by atoms with E-state index in [1.165, 1.54) is 57.5 Å². The summed E-state index contributed by atoms with van der Waals surface area (Å²) < 4.78 is 0. The Morgan fingerprint density at radius 2 is 0.696 bits per heavy atom. The molecule has 0 fully saturated rings. The molecule has 1 aliphatic rings. The van der Waals surface area contributed by atoms with Crippen molar-refractivity contribution in [3.8, 4) is 22.3 Å². The van der Waals surface area contributed by atoms with Crippen LogP contribution in [0, 0.1) is 0 Å². The van der Waals surface area contributed by atoms with Crippen molar-refractivity contribution in [2.75, 3.05) is 9.80 Å². The summed E-state index contributed by atoms with van der Waals surface area (Å²) >= 11 is 0. The van der Waals surface area contributed by atoms with Crippen LogP contribution in [0.5, 0.6) is 0 Å². The Morgan fingerprint density at radius 1 is 0.357 bits per heavy atom. The Labute approximate surface area is 335 Å². The topological polar surface area (TPSA) is 6.48 Å². The largest absolute Gasteiger partial charge is 0.311 e. The summed E-state index contributed by atoms with van der Waals surface area (Å²) in [5.41, 5.74) is 16.4. The number of fused-ring (bicyclic) bond motifs is 1. The minimum Gasteiger partial charge on any atom is -0.311 e. The van der Waals surface area contributed by atoms with E-state index in [0.717, 1.165) is 28.4 Å². The number of rotatable bonds is 8. The predicted molar refractivity (Wildman–Crippen MR) is 241 cm³/mol. The van der Waals surface area contributed by atoms with Crippen molar-refractivity contribution in [2.45, 2.75) is 77.6 Å². The van der Waals surface area contributed by atoms with E-state index in [4.69, 9.17) is 0 Å². The summed E-state index contributed by atoms with van der Waals surface area (Å²) in [7, 11) is 0. The Morgan fingerprint density at radius 3 is 1.14 bits per heavy atom. The van der Waals surface area contributed by atoms with Gasteiger partial charge in [0, 0.05) is 34.1 Å². The molecule has 0 amide bonds. The average Bonchev–Trinajstić information content (AvgIpc) is 3.21. The van der Waals surface area contributed by atoms with Crippen molar-refractivity contribution in [2.24, 2.45) is 0 Å². The summed E-state index contributed by atoms with van der Waals surface area (Å²) in [5.74, 6) is 0. The first kappa shape index (κ1) is 37.1. The smallest absolute Gasteiger partial charge is 0.0464 e. The normalized spacial score (nSPS) is 14.5. The number of hydrogen-bond donors (Lipinski definition) is 0. The number of para-hydroxylation sites is 1. The molecule has 0 N–H and O–H groups in total. The quantitative estimate of drug-likeness (QED) is 0.154. The van der Waals surface area contributed by atoms with Gasteiger partial charge in [0.25, 0.3) is 0 Å². The highest BCUT2D eigenvalue weighted by Gasteiger charge is 2.37. The maximum Gasteiger partial charge on any atom is 0.0464 e. The van der Waals surface area contributed by atoms with Gasteiger partial charge < -0.3 is 9.80 Å². The fourth-order valence-electron chi connectivity index (χ4n) is 8.34. The molecule has 0 aliphatic heterocycles. The molecular weight excluding hydrogens is 677 g/mol. The van der Waals surface area contributed by atoms with E-state index in [-0.39, 0.29) is 16.2 Å². The third kappa shape index (κ3) is 7.41. The van der Waals surface area contributed by atoms with Crippen molar-refractivity contribution < 1.29 is 0 Å². The highest BCUT2D eigenvalue weighted by molar-refractivity contribution is 5.82. The second-order valence-electron chi connectivity index (χ2n) is 17.8. The fraction of sp³-hybridized carbons (Fsp3) is 0.222. The second-order valence-corrected chi connectivity index (χ2v) is 17.8. The second kappa shape index (κ2) is 14.7. The molecule has 0 unspecified atom stereocenters. The minimum absolute atomic E-state index is 0.103. The van der Waals surface area contributed by atoms with Gasteiger partial charge in [0.15, 0.2) is 0 Å². The third-order valence-corrected chi connectivity index (χ3v) is 11.9. The Balaban J connectivity index is 1.14.